The van der Waals surface area contributed by atoms with Crippen LogP contribution in [-0.2, 0) is 0 Å². The summed E-state index contributed by atoms with van der Waals surface area (Å²) < 4.78 is 0. The lowest BCUT2D eigenvalue weighted by molar-refractivity contribution is 0.0148. The molecule has 1 heterocycles. The van der Waals surface area contributed by atoms with E-state index < -0.39 is 0 Å². The van der Waals surface area contributed by atoms with Crippen LogP contribution in [0.1, 0.15) is 60.3 Å². The van der Waals surface area contributed by atoms with Gasteiger partial charge in [-0.15, -0.1) is 0 Å². The number of rotatable bonds is 2. The molecule has 0 radical (unpaired) electrons. The molecule has 0 spiro atoms. The summed E-state index contributed by atoms with van der Waals surface area (Å²) in [5.41, 5.74) is 7.06. The van der Waals surface area contributed by atoms with Gasteiger partial charge in [0.05, 0.1) is 0 Å². The molecule has 2 nitrogen and oxygen atoms in total. The van der Waals surface area contributed by atoms with Gasteiger partial charge in [0.25, 0.3) is 0 Å². The monoisotopic (exact) mass is 252 g/mol. The topological polar surface area (TPSA) is 29.3 Å². The van der Waals surface area contributed by atoms with E-state index in [1.165, 1.54) is 38.8 Å². The van der Waals surface area contributed by atoms with Crippen LogP contribution in [0.25, 0.3) is 0 Å². The maximum atomic E-state index is 6.26. The van der Waals surface area contributed by atoms with Crippen molar-refractivity contribution in [2.75, 3.05) is 13.1 Å². The molecule has 106 valence electrons. The quantitative estimate of drug-likeness (QED) is 0.817. The molecule has 0 aromatic heterocycles. The van der Waals surface area contributed by atoms with Crippen LogP contribution in [0.4, 0.5) is 0 Å². The van der Waals surface area contributed by atoms with Gasteiger partial charge >= 0.3 is 0 Å². The van der Waals surface area contributed by atoms with Crippen molar-refractivity contribution in [2.45, 2.75) is 71.9 Å². The second-order valence-corrected chi connectivity index (χ2v) is 7.91. The molecule has 1 saturated heterocycles. The molecule has 2 rings (SSSR count). The molecule has 2 aliphatic rings. The zero-order valence-electron chi connectivity index (χ0n) is 13.0. The third-order valence-electron chi connectivity index (χ3n) is 6.23. The first-order chi connectivity index (χ1) is 8.25. The maximum absolute atomic E-state index is 6.26. The van der Waals surface area contributed by atoms with Gasteiger partial charge in [0, 0.05) is 18.1 Å². The van der Waals surface area contributed by atoms with Crippen LogP contribution >= 0.6 is 0 Å². The standard InChI is InChI=1S/C16H32N2/c1-12-14(17)8-7-13(16(12,4)5)11-18-10-6-9-15(18,2)3/h12-14H,6-11,17H2,1-5H3. The van der Waals surface area contributed by atoms with Gasteiger partial charge in [0.2, 0.25) is 0 Å². The van der Waals surface area contributed by atoms with E-state index in [-0.39, 0.29) is 0 Å². The van der Waals surface area contributed by atoms with Crippen LogP contribution in [0.3, 0.4) is 0 Å². The Labute approximate surface area is 113 Å². The van der Waals surface area contributed by atoms with Gasteiger partial charge in [-0.1, -0.05) is 20.8 Å². The third kappa shape index (κ3) is 2.46. The van der Waals surface area contributed by atoms with Crippen molar-refractivity contribution in [1.29, 1.82) is 0 Å². The van der Waals surface area contributed by atoms with Gasteiger partial charge in [0.1, 0.15) is 0 Å². The molecule has 2 fully saturated rings. The highest BCUT2D eigenvalue weighted by Gasteiger charge is 2.44. The van der Waals surface area contributed by atoms with E-state index in [4.69, 9.17) is 5.73 Å². The fraction of sp³-hybridized carbons (Fsp3) is 1.00. The maximum Gasteiger partial charge on any atom is 0.0153 e. The summed E-state index contributed by atoms with van der Waals surface area (Å²) in [6.45, 7) is 14.6. The summed E-state index contributed by atoms with van der Waals surface area (Å²) in [4.78, 5) is 2.73. The summed E-state index contributed by atoms with van der Waals surface area (Å²) in [6.07, 6.45) is 5.25. The molecule has 18 heavy (non-hydrogen) atoms. The van der Waals surface area contributed by atoms with Crippen molar-refractivity contribution in [3.05, 3.63) is 0 Å². The second kappa shape index (κ2) is 4.79. The third-order valence-corrected chi connectivity index (χ3v) is 6.23. The normalized spacial score (nSPS) is 40.0. The van der Waals surface area contributed by atoms with Crippen LogP contribution < -0.4 is 5.73 Å². The highest BCUT2D eigenvalue weighted by Crippen LogP contribution is 2.45. The van der Waals surface area contributed by atoms with Crippen LogP contribution in [0.15, 0.2) is 0 Å². The van der Waals surface area contributed by atoms with Gasteiger partial charge in [0.15, 0.2) is 0 Å². The minimum absolute atomic E-state index is 0.385. The largest absolute Gasteiger partial charge is 0.327 e. The van der Waals surface area contributed by atoms with Crippen molar-refractivity contribution in [1.82, 2.24) is 4.90 Å². The SMILES string of the molecule is CC1C(N)CCC(CN2CCCC2(C)C)C1(C)C. The minimum Gasteiger partial charge on any atom is -0.327 e. The summed E-state index contributed by atoms with van der Waals surface area (Å²) in [5, 5.41) is 0. The van der Waals surface area contributed by atoms with Gasteiger partial charge in [-0.2, -0.15) is 0 Å². The lowest BCUT2D eigenvalue weighted by Gasteiger charge is -2.49. The van der Waals surface area contributed by atoms with Crippen molar-refractivity contribution < 1.29 is 0 Å². The van der Waals surface area contributed by atoms with E-state index in [0.717, 1.165) is 5.92 Å². The first kappa shape index (κ1) is 14.3. The predicted octanol–water partition coefficient (Wildman–Crippen LogP) is 3.26. The van der Waals surface area contributed by atoms with Gasteiger partial charge in [-0.25, -0.2) is 0 Å². The first-order valence-corrected chi connectivity index (χ1v) is 7.76. The Balaban J connectivity index is 2.05. The molecule has 3 unspecified atom stereocenters. The Morgan fingerprint density at radius 3 is 2.39 bits per heavy atom. The van der Waals surface area contributed by atoms with Crippen LogP contribution in [0, 0.1) is 17.3 Å². The smallest absolute Gasteiger partial charge is 0.0153 e. The molecule has 0 aromatic rings. The number of nitrogens with two attached hydrogens (primary N) is 1. The molecule has 2 N–H and O–H groups in total. The van der Waals surface area contributed by atoms with E-state index in [0.29, 0.717) is 22.9 Å². The van der Waals surface area contributed by atoms with Crippen LogP contribution in [0.2, 0.25) is 0 Å². The zero-order chi connectivity index (χ0) is 13.6. The molecule has 1 saturated carbocycles. The van der Waals surface area contributed by atoms with Crippen LogP contribution in [-0.4, -0.2) is 29.6 Å². The second-order valence-electron chi connectivity index (χ2n) is 7.91. The molecular formula is C16H32N2. The molecule has 2 heteroatoms. The average Bonchev–Trinajstić information content (AvgIpc) is 2.60. The number of likely N-dealkylation sites (tertiary alicyclic amines) is 1. The molecular weight excluding hydrogens is 220 g/mol. The van der Waals surface area contributed by atoms with Crippen LogP contribution in [0.5, 0.6) is 0 Å². The van der Waals surface area contributed by atoms with Crippen molar-refractivity contribution >= 4 is 0 Å². The molecule has 3 atom stereocenters. The predicted molar refractivity (Wildman–Crippen MR) is 78.5 cm³/mol. The zero-order valence-corrected chi connectivity index (χ0v) is 13.0. The Bertz CT molecular complexity index is 295. The Hall–Kier alpha value is -0.0800. The Kier molecular flexibility index (Phi) is 3.81. The van der Waals surface area contributed by atoms with Crippen molar-refractivity contribution in [3.8, 4) is 0 Å². The summed E-state index contributed by atoms with van der Waals surface area (Å²) >= 11 is 0. The molecule has 1 aliphatic heterocycles. The summed E-state index contributed by atoms with van der Waals surface area (Å²) in [5.74, 6) is 1.45. The van der Waals surface area contributed by atoms with E-state index in [2.05, 4.69) is 39.5 Å². The molecule has 0 bridgehead atoms. The fourth-order valence-corrected chi connectivity index (χ4v) is 4.03. The molecule has 0 aromatic carbocycles. The van der Waals surface area contributed by atoms with E-state index in [1.54, 1.807) is 0 Å². The molecule has 1 aliphatic carbocycles. The van der Waals surface area contributed by atoms with Crippen molar-refractivity contribution in [3.63, 3.8) is 0 Å². The van der Waals surface area contributed by atoms with Crippen molar-refractivity contribution in [2.24, 2.45) is 23.0 Å². The Morgan fingerprint density at radius 1 is 1.17 bits per heavy atom. The number of nitrogens with zero attached hydrogens (tertiary/aromatic N) is 1. The highest BCUT2D eigenvalue weighted by atomic mass is 15.2. The van der Waals surface area contributed by atoms with E-state index in [1.807, 2.05) is 0 Å². The summed E-state index contributed by atoms with van der Waals surface area (Å²) in [7, 11) is 0. The highest BCUT2D eigenvalue weighted by molar-refractivity contribution is 4.97. The van der Waals surface area contributed by atoms with Gasteiger partial charge in [-0.05, 0) is 63.3 Å². The number of hydrogen-bond acceptors (Lipinski definition) is 2. The van der Waals surface area contributed by atoms with E-state index >= 15 is 0 Å². The average molecular weight is 252 g/mol. The first-order valence-electron chi connectivity index (χ1n) is 7.76. The van der Waals surface area contributed by atoms with E-state index in [9.17, 15) is 0 Å². The lowest BCUT2D eigenvalue weighted by Crippen LogP contribution is -2.51. The lowest BCUT2D eigenvalue weighted by atomic mass is 9.61. The number of hydrogen-bond donors (Lipinski definition) is 1. The molecule has 0 amide bonds. The summed E-state index contributed by atoms with van der Waals surface area (Å²) in [6, 6.07) is 0.405. The van der Waals surface area contributed by atoms with Gasteiger partial charge < -0.3 is 5.73 Å². The fourth-order valence-electron chi connectivity index (χ4n) is 4.03. The minimum atomic E-state index is 0.385. The van der Waals surface area contributed by atoms with Gasteiger partial charge in [-0.3, -0.25) is 4.90 Å². The Morgan fingerprint density at radius 2 is 1.83 bits per heavy atom.